The molecular weight excluding hydrogens is 412 g/mol. The average molecular weight is 439 g/mol. The number of allylic oxidation sites excluding steroid dienone is 1. The van der Waals surface area contributed by atoms with Crippen molar-refractivity contribution in [1.82, 2.24) is 9.55 Å². The number of hydrogen-bond acceptors (Lipinski definition) is 3. The molecule has 0 saturated heterocycles. The van der Waals surface area contributed by atoms with Gasteiger partial charge in [0.15, 0.2) is 5.78 Å². The molecule has 1 aromatic heterocycles. The van der Waals surface area contributed by atoms with Gasteiger partial charge in [-0.1, -0.05) is 30.3 Å². The molecule has 1 heterocycles. The van der Waals surface area contributed by atoms with Crippen LogP contribution in [0, 0.1) is 20.8 Å². The molecule has 0 spiro atoms. The Morgan fingerprint density at radius 3 is 2.33 bits per heavy atom. The lowest BCUT2D eigenvalue weighted by atomic mass is 9.99. The third-order valence-corrected chi connectivity index (χ3v) is 5.91. The molecule has 0 aliphatic carbocycles. The summed E-state index contributed by atoms with van der Waals surface area (Å²) in [5.41, 5.74) is 7.08. The zero-order valence-corrected chi connectivity index (χ0v) is 19.2. The number of aromatic nitrogens is 2. The van der Waals surface area contributed by atoms with Gasteiger partial charge in [0.2, 0.25) is 0 Å². The Hall–Kier alpha value is -4.12. The molecule has 3 aromatic carbocycles. The van der Waals surface area contributed by atoms with E-state index in [-0.39, 0.29) is 11.5 Å². The van der Waals surface area contributed by atoms with Crippen molar-refractivity contribution >= 4 is 11.9 Å². The highest BCUT2D eigenvalue weighted by atomic mass is 16.5. The molecule has 0 radical (unpaired) electrons. The topological polar surface area (TPSA) is 64.1 Å². The van der Waals surface area contributed by atoms with Crippen LogP contribution >= 0.6 is 0 Å². The second-order valence-electron chi connectivity index (χ2n) is 8.10. The fourth-order valence-corrected chi connectivity index (χ4v) is 3.72. The van der Waals surface area contributed by atoms with E-state index in [0.717, 1.165) is 22.6 Å². The maximum Gasteiger partial charge on any atom is 0.330 e. The number of carbonyl (C=O) groups excluding carboxylic acids is 1. The van der Waals surface area contributed by atoms with Gasteiger partial charge in [0.1, 0.15) is 5.75 Å². The van der Waals surface area contributed by atoms with Crippen molar-refractivity contribution in [2.24, 2.45) is 0 Å². The van der Waals surface area contributed by atoms with Gasteiger partial charge in [-0.15, -0.1) is 0 Å². The van der Waals surface area contributed by atoms with Gasteiger partial charge in [0, 0.05) is 17.3 Å². The maximum atomic E-state index is 12.7. The normalized spacial score (nSPS) is 11.2. The molecule has 5 nitrogen and oxygen atoms in total. The number of hydrogen-bond donors (Lipinski definition) is 1. The lowest BCUT2D eigenvalue weighted by Gasteiger charge is -2.07. The Bertz CT molecular complexity index is 1380. The number of aryl methyl sites for hydroxylation is 2. The van der Waals surface area contributed by atoms with Gasteiger partial charge >= 0.3 is 5.69 Å². The molecule has 5 heteroatoms. The number of ketones is 1. The summed E-state index contributed by atoms with van der Waals surface area (Å²) in [7, 11) is 1.61. The standard InChI is InChI=1S/C28H26N2O3/c1-18-14-23(15-19(2)20(18)3)26-17-30(28(32)29-26)24-7-5-6-22(16-24)27(31)13-10-21-8-11-25(33-4)12-9-21/h5-17H,1-4H3,(H,29,32). The molecule has 4 aromatic rings. The first kappa shape index (κ1) is 22.1. The predicted octanol–water partition coefficient (Wildman–Crippen LogP) is 5.66. The first-order chi connectivity index (χ1) is 15.9. The van der Waals surface area contributed by atoms with Crippen molar-refractivity contribution in [3.8, 4) is 22.7 Å². The maximum absolute atomic E-state index is 12.7. The summed E-state index contributed by atoms with van der Waals surface area (Å²) < 4.78 is 6.69. The van der Waals surface area contributed by atoms with Gasteiger partial charge in [-0.2, -0.15) is 0 Å². The minimum atomic E-state index is -0.251. The van der Waals surface area contributed by atoms with E-state index in [9.17, 15) is 9.59 Å². The number of imidazole rings is 1. The van der Waals surface area contributed by atoms with Crippen molar-refractivity contribution in [2.45, 2.75) is 20.8 Å². The molecular formula is C28H26N2O3. The number of ether oxygens (including phenoxy) is 1. The molecule has 33 heavy (non-hydrogen) atoms. The molecule has 0 saturated carbocycles. The molecule has 0 atom stereocenters. The summed E-state index contributed by atoms with van der Waals surface area (Å²) in [4.78, 5) is 28.4. The second-order valence-corrected chi connectivity index (χ2v) is 8.10. The van der Waals surface area contributed by atoms with Crippen LogP contribution < -0.4 is 10.4 Å². The zero-order chi connectivity index (χ0) is 23.5. The SMILES string of the molecule is COc1ccc(C=CC(=O)c2cccc(-n3cc(-c4cc(C)c(C)c(C)c4)[nH]c3=O)c2)cc1. The predicted molar refractivity (Wildman–Crippen MR) is 132 cm³/mol. The number of benzene rings is 3. The number of rotatable bonds is 6. The lowest BCUT2D eigenvalue weighted by molar-refractivity contribution is 0.104. The van der Waals surface area contributed by atoms with E-state index in [2.05, 4.69) is 37.9 Å². The third-order valence-electron chi connectivity index (χ3n) is 5.91. The molecule has 0 aliphatic heterocycles. The highest BCUT2D eigenvalue weighted by Gasteiger charge is 2.11. The Morgan fingerprint density at radius 1 is 0.970 bits per heavy atom. The van der Waals surface area contributed by atoms with Crippen LogP contribution in [0.4, 0.5) is 0 Å². The van der Waals surface area contributed by atoms with Crippen LogP contribution in [0.1, 0.15) is 32.6 Å². The summed E-state index contributed by atoms with van der Waals surface area (Å²) in [6.07, 6.45) is 5.07. The largest absolute Gasteiger partial charge is 0.497 e. The van der Waals surface area contributed by atoms with Gasteiger partial charge in [-0.25, -0.2) is 4.79 Å². The van der Waals surface area contributed by atoms with Crippen molar-refractivity contribution in [3.63, 3.8) is 0 Å². The number of nitrogens with one attached hydrogen (secondary N) is 1. The van der Waals surface area contributed by atoms with Crippen LogP contribution in [0.25, 0.3) is 23.0 Å². The Balaban J connectivity index is 1.61. The van der Waals surface area contributed by atoms with E-state index in [4.69, 9.17) is 4.74 Å². The number of nitrogens with zero attached hydrogens (tertiary/aromatic N) is 1. The second kappa shape index (κ2) is 9.17. The quantitative estimate of drug-likeness (QED) is 0.312. The third kappa shape index (κ3) is 4.72. The fraction of sp³-hybridized carbons (Fsp3) is 0.143. The number of aromatic amines is 1. The van der Waals surface area contributed by atoms with E-state index >= 15 is 0 Å². The monoisotopic (exact) mass is 438 g/mol. The summed E-state index contributed by atoms with van der Waals surface area (Å²) in [6, 6.07) is 18.7. The van der Waals surface area contributed by atoms with Crippen LogP contribution in [0.2, 0.25) is 0 Å². The lowest BCUT2D eigenvalue weighted by Crippen LogP contribution is -2.14. The minimum Gasteiger partial charge on any atom is -0.497 e. The highest BCUT2D eigenvalue weighted by Crippen LogP contribution is 2.24. The van der Waals surface area contributed by atoms with Crippen molar-refractivity contribution < 1.29 is 9.53 Å². The Kier molecular flexibility index (Phi) is 6.13. The zero-order valence-electron chi connectivity index (χ0n) is 19.2. The van der Waals surface area contributed by atoms with E-state index in [1.165, 1.54) is 27.3 Å². The van der Waals surface area contributed by atoms with Crippen LogP contribution in [0.15, 0.2) is 77.7 Å². The molecule has 0 fully saturated rings. The van der Waals surface area contributed by atoms with Crippen molar-refractivity contribution in [1.29, 1.82) is 0 Å². The minimum absolute atomic E-state index is 0.138. The molecule has 0 amide bonds. The van der Waals surface area contributed by atoms with Crippen LogP contribution in [-0.2, 0) is 0 Å². The molecule has 166 valence electrons. The summed E-state index contributed by atoms with van der Waals surface area (Å²) in [5.74, 6) is 0.625. The fourth-order valence-electron chi connectivity index (χ4n) is 3.72. The molecule has 0 bridgehead atoms. The van der Waals surface area contributed by atoms with Crippen LogP contribution in [0.3, 0.4) is 0 Å². The summed E-state index contributed by atoms with van der Waals surface area (Å²) in [6.45, 7) is 6.22. The Morgan fingerprint density at radius 2 is 1.67 bits per heavy atom. The van der Waals surface area contributed by atoms with Crippen molar-refractivity contribution in [3.05, 3.63) is 111 Å². The van der Waals surface area contributed by atoms with E-state index in [1.54, 1.807) is 37.6 Å². The molecule has 4 rings (SSSR count). The van der Waals surface area contributed by atoms with Gasteiger partial charge in [0.05, 0.1) is 18.5 Å². The molecule has 0 unspecified atom stereocenters. The van der Waals surface area contributed by atoms with E-state index in [0.29, 0.717) is 11.3 Å². The smallest absolute Gasteiger partial charge is 0.330 e. The highest BCUT2D eigenvalue weighted by molar-refractivity contribution is 6.07. The Labute approximate surface area is 193 Å². The van der Waals surface area contributed by atoms with E-state index < -0.39 is 0 Å². The number of methoxy groups -OCH3 is 1. The van der Waals surface area contributed by atoms with Crippen LogP contribution in [0.5, 0.6) is 5.75 Å². The first-order valence-electron chi connectivity index (χ1n) is 10.7. The molecule has 1 N–H and O–H groups in total. The first-order valence-corrected chi connectivity index (χ1v) is 10.7. The van der Waals surface area contributed by atoms with E-state index in [1.807, 2.05) is 30.3 Å². The van der Waals surface area contributed by atoms with Crippen LogP contribution in [-0.4, -0.2) is 22.4 Å². The van der Waals surface area contributed by atoms with Gasteiger partial charge < -0.3 is 9.72 Å². The average Bonchev–Trinajstić information content (AvgIpc) is 3.22. The summed E-state index contributed by atoms with van der Waals surface area (Å²) in [5, 5.41) is 0. The van der Waals surface area contributed by atoms with Gasteiger partial charge in [-0.3, -0.25) is 9.36 Å². The number of H-pyrrole nitrogens is 1. The molecule has 0 aliphatic rings. The van der Waals surface area contributed by atoms with Crippen molar-refractivity contribution in [2.75, 3.05) is 7.11 Å². The van der Waals surface area contributed by atoms with Gasteiger partial charge in [0.25, 0.3) is 0 Å². The van der Waals surface area contributed by atoms with Gasteiger partial charge in [-0.05, 0) is 85.5 Å². The number of carbonyl (C=O) groups is 1. The summed E-state index contributed by atoms with van der Waals surface area (Å²) >= 11 is 0.